The zero-order valence-electron chi connectivity index (χ0n) is 17.2. The Bertz CT molecular complexity index is 1000. The van der Waals surface area contributed by atoms with Gasteiger partial charge in [-0.25, -0.2) is 0 Å². The summed E-state index contributed by atoms with van der Waals surface area (Å²) >= 11 is 0. The van der Waals surface area contributed by atoms with E-state index in [2.05, 4.69) is 48.3 Å². The van der Waals surface area contributed by atoms with Crippen LogP contribution in [-0.2, 0) is 11.2 Å². The van der Waals surface area contributed by atoms with Crippen molar-refractivity contribution in [1.82, 2.24) is 4.98 Å². The van der Waals surface area contributed by atoms with E-state index in [4.69, 9.17) is 4.74 Å². The maximum absolute atomic E-state index is 9.36. The first-order valence-corrected chi connectivity index (χ1v) is 9.82. The molecule has 0 aliphatic heterocycles. The predicted molar refractivity (Wildman–Crippen MR) is 119 cm³/mol. The summed E-state index contributed by atoms with van der Waals surface area (Å²) in [6.07, 6.45) is 7.40. The maximum Gasteiger partial charge on any atom is 0.0986 e. The Morgan fingerprint density at radius 3 is 2.62 bits per heavy atom. The van der Waals surface area contributed by atoms with E-state index >= 15 is 0 Å². The van der Waals surface area contributed by atoms with E-state index in [0.29, 0.717) is 5.76 Å². The van der Waals surface area contributed by atoms with E-state index in [1.807, 2.05) is 43.5 Å². The fourth-order valence-electron chi connectivity index (χ4n) is 3.20. The first-order chi connectivity index (χ1) is 14.0. The molecule has 3 heteroatoms. The number of rotatable bonds is 7. The Hall–Kier alpha value is -3.17. The minimum atomic E-state index is -0.518. The second-order valence-electron chi connectivity index (χ2n) is 7.17. The Labute approximate surface area is 173 Å². The van der Waals surface area contributed by atoms with Gasteiger partial charge in [-0.2, -0.15) is 0 Å². The number of aliphatic hydroxyl groups excluding tert-OH is 1. The molecule has 0 aliphatic carbocycles. The summed E-state index contributed by atoms with van der Waals surface area (Å²) in [5.74, 6) is 0.678. The molecule has 2 aromatic carbocycles. The van der Waals surface area contributed by atoms with Crippen LogP contribution in [0.1, 0.15) is 25.0 Å². The molecule has 1 aromatic heterocycles. The molecule has 1 heterocycles. The molecule has 1 unspecified atom stereocenters. The number of pyridine rings is 1. The monoisotopic (exact) mass is 385 g/mol. The predicted octanol–water partition coefficient (Wildman–Crippen LogP) is 6.08. The standard InChI is InChI=1S/C26H27NO2/c1-19-11-12-23(10-7-15-29-21(3)17-20(2)28)25(16-19)26-18-24(13-14-27-26)22-8-5-4-6-9-22/h4-9,11-18,20,28H,10H2,1-3H3/b15-7+,21-17-. The van der Waals surface area contributed by atoms with Crippen molar-refractivity contribution in [2.24, 2.45) is 0 Å². The molecule has 0 saturated carbocycles. The zero-order valence-corrected chi connectivity index (χ0v) is 17.2. The van der Waals surface area contributed by atoms with E-state index < -0.39 is 6.10 Å². The van der Waals surface area contributed by atoms with Gasteiger partial charge < -0.3 is 9.84 Å². The van der Waals surface area contributed by atoms with E-state index in [-0.39, 0.29) is 0 Å². The number of aryl methyl sites for hydroxylation is 1. The van der Waals surface area contributed by atoms with E-state index in [1.165, 1.54) is 16.7 Å². The van der Waals surface area contributed by atoms with Gasteiger partial charge in [-0.05, 0) is 74.2 Å². The number of hydrogen-bond acceptors (Lipinski definition) is 3. The van der Waals surface area contributed by atoms with Gasteiger partial charge in [0.05, 0.1) is 23.8 Å². The smallest absolute Gasteiger partial charge is 0.0986 e. The van der Waals surface area contributed by atoms with Crippen molar-refractivity contribution < 1.29 is 9.84 Å². The lowest BCUT2D eigenvalue weighted by Gasteiger charge is -2.11. The average molecular weight is 386 g/mol. The van der Waals surface area contributed by atoms with Gasteiger partial charge in [-0.1, -0.05) is 48.0 Å². The van der Waals surface area contributed by atoms with Gasteiger partial charge in [0.15, 0.2) is 0 Å². The van der Waals surface area contributed by atoms with Crippen molar-refractivity contribution in [3.05, 3.63) is 102 Å². The number of nitrogens with zero attached hydrogens (tertiary/aromatic N) is 1. The van der Waals surface area contributed by atoms with Crippen LogP contribution in [0.3, 0.4) is 0 Å². The number of aliphatic hydroxyl groups is 1. The Kier molecular flexibility index (Phi) is 6.99. The first kappa shape index (κ1) is 20.6. The quantitative estimate of drug-likeness (QED) is 0.501. The Balaban J connectivity index is 1.84. The summed E-state index contributed by atoms with van der Waals surface area (Å²) in [4.78, 5) is 4.63. The highest BCUT2D eigenvalue weighted by Gasteiger charge is 2.08. The lowest BCUT2D eigenvalue weighted by molar-refractivity contribution is 0.234. The van der Waals surface area contributed by atoms with Crippen molar-refractivity contribution in [3.63, 3.8) is 0 Å². The Morgan fingerprint density at radius 2 is 1.86 bits per heavy atom. The van der Waals surface area contributed by atoms with Crippen LogP contribution >= 0.6 is 0 Å². The molecule has 148 valence electrons. The normalized spacial score (nSPS) is 12.9. The molecule has 1 N–H and O–H groups in total. The number of ether oxygens (including phenoxy) is 1. The molecule has 0 aliphatic rings. The Morgan fingerprint density at radius 1 is 1.07 bits per heavy atom. The molecule has 0 radical (unpaired) electrons. The van der Waals surface area contributed by atoms with E-state index in [9.17, 15) is 5.11 Å². The molecule has 0 amide bonds. The van der Waals surface area contributed by atoms with Gasteiger partial charge in [-0.15, -0.1) is 0 Å². The van der Waals surface area contributed by atoms with Crippen molar-refractivity contribution in [1.29, 1.82) is 0 Å². The van der Waals surface area contributed by atoms with E-state index in [0.717, 1.165) is 23.2 Å². The van der Waals surface area contributed by atoms with Crippen LogP contribution < -0.4 is 0 Å². The van der Waals surface area contributed by atoms with Crippen LogP contribution in [0, 0.1) is 6.92 Å². The molecule has 0 spiro atoms. The van der Waals surface area contributed by atoms with Gasteiger partial charge in [-0.3, -0.25) is 4.98 Å². The minimum Gasteiger partial charge on any atom is -0.470 e. The summed E-state index contributed by atoms with van der Waals surface area (Å²) in [6, 6.07) is 21.0. The SMILES string of the molecule is C/C(=C/C(C)O)O/C=C/Cc1ccc(C)cc1-c1cc(-c2ccccc2)ccn1. The molecule has 29 heavy (non-hydrogen) atoms. The molecule has 3 nitrogen and oxygen atoms in total. The highest BCUT2D eigenvalue weighted by atomic mass is 16.5. The van der Waals surface area contributed by atoms with Crippen LogP contribution in [0.4, 0.5) is 0 Å². The van der Waals surface area contributed by atoms with Crippen LogP contribution in [0.15, 0.2) is 91.0 Å². The number of benzene rings is 2. The third-order valence-electron chi connectivity index (χ3n) is 4.57. The van der Waals surface area contributed by atoms with Gasteiger partial charge >= 0.3 is 0 Å². The first-order valence-electron chi connectivity index (χ1n) is 9.82. The summed E-state index contributed by atoms with van der Waals surface area (Å²) in [7, 11) is 0. The number of allylic oxidation sites excluding steroid dienone is 2. The highest BCUT2D eigenvalue weighted by Crippen LogP contribution is 2.28. The summed E-state index contributed by atoms with van der Waals surface area (Å²) in [5.41, 5.74) is 6.81. The molecule has 3 rings (SSSR count). The van der Waals surface area contributed by atoms with Crippen LogP contribution in [0.2, 0.25) is 0 Å². The molecule has 0 fully saturated rings. The fourth-order valence-corrected chi connectivity index (χ4v) is 3.20. The average Bonchev–Trinajstić information content (AvgIpc) is 2.72. The second-order valence-corrected chi connectivity index (χ2v) is 7.17. The van der Waals surface area contributed by atoms with Crippen molar-refractivity contribution in [2.75, 3.05) is 0 Å². The van der Waals surface area contributed by atoms with Crippen molar-refractivity contribution >= 4 is 0 Å². The van der Waals surface area contributed by atoms with Gasteiger partial charge in [0, 0.05) is 11.8 Å². The third kappa shape index (κ3) is 5.90. The molecule has 1 atom stereocenters. The number of hydrogen-bond donors (Lipinski definition) is 1. The van der Waals surface area contributed by atoms with Gasteiger partial charge in [0.2, 0.25) is 0 Å². The molecule has 3 aromatic rings. The largest absolute Gasteiger partial charge is 0.470 e. The topological polar surface area (TPSA) is 42.4 Å². The van der Waals surface area contributed by atoms with Gasteiger partial charge in [0.1, 0.15) is 0 Å². The minimum absolute atomic E-state index is 0.518. The lowest BCUT2D eigenvalue weighted by atomic mass is 9.97. The maximum atomic E-state index is 9.36. The molecule has 0 bridgehead atoms. The summed E-state index contributed by atoms with van der Waals surface area (Å²) in [6.45, 7) is 5.62. The van der Waals surface area contributed by atoms with Crippen molar-refractivity contribution in [3.8, 4) is 22.4 Å². The van der Waals surface area contributed by atoms with E-state index in [1.54, 1.807) is 19.3 Å². The third-order valence-corrected chi connectivity index (χ3v) is 4.57. The zero-order chi connectivity index (χ0) is 20.6. The van der Waals surface area contributed by atoms with Crippen molar-refractivity contribution in [2.45, 2.75) is 33.3 Å². The molecule has 0 saturated heterocycles. The van der Waals surface area contributed by atoms with Crippen LogP contribution in [0.25, 0.3) is 22.4 Å². The van der Waals surface area contributed by atoms with Gasteiger partial charge in [0.25, 0.3) is 0 Å². The lowest BCUT2D eigenvalue weighted by Crippen LogP contribution is -1.95. The number of aromatic nitrogens is 1. The molecular formula is C26H27NO2. The molecular weight excluding hydrogens is 358 g/mol. The highest BCUT2D eigenvalue weighted by molar-refractivity contribution is 5.72. The fraction of sp³-hybridized carbons (Fsp3) is 0.192. The second kappa shape index (κ2) is 9.85. The van der Waals surface area contributed by atoms with Crippen LogP contribution in [-0.4, -0.2) is 16.2 Å². The van der Waals surface area contributed by atoms with Crippen LogP contribution in [0.5, 0.6) is 0 Å². The summed E-state index contributed by atoms with van der Waals surface area (Å²) < 4.78 is 5.53. The summed E-state index contributed by atoms with van der Waals surface area (Å²) in [5, 5.41) is 9.36.